The molecule has 2 nitrogen and oxygen atoms in total. The molecule has 2 rings (SSSR count). The van der Waals surface area contributed by atoms with Crippen LogP contribution in [-0.4, -0.2) is 5.78 Å². The molecule has 1 aromatic rings. The van der Waals surface area contributed by atoms with Gasteiger partial charge in [-0.15, -0.1) is 0 Å². The van der Waals surface area contributed by atoms with E-state index in [1.807, 2.05) is 13.1 Å². The number of allylic oxidation sites excluding steroid dienone is 1. The zero-order valence-electron chi connectivity index (χ0n) is 10.6. The highest BCUT2D eigenvalue weighted by molar-refractivity contribution is 5.97. The van der Waals surface area contributed by atoms with Gasteiger partial charge in [0.15, 0.2) is 5.78 Å². The zero-order valence-corrected chi connectivity index (χ0v) is 10.6. The topological polar surface area (TPSA) is 29.1 Å². The van der Waals surface area contributed by atoms with Gasteiger partial charge in [0.25, 0.3) is 0 Å². The largest absolute Gasteiger partial charge is 0.386 e. The van der Waals surface area contributed by atoms with Crippen molar-refractivity contribution < 1.29 is 9.18 Å². The molecule has 1 atom stereocenters. The number of Topliss-reactive ketones (excluding diaryl/α,β-unsaturated/α-hetero) is 1. The van der Waals surface area contributed by atoms with Crippen LogP contribution in [0.15, 0.2) is 36.0 Å². The maximum absolute atomic E-state index is 12.7. The van der Waals surface area contributed by atoms with Gasteiger partial charge in [0.1, 0.15) is 5.82 Å². The highest BCUT2D eigenvalue weighted by Crippen LogP contribution is 2.24. The number of halogens is 1. The van der Waals surface area contributed by atoms with Crippen LogP contribution in [0.4, 0.5) is 4.39 Å². The molecule has 0 aliphatic heterocycles. The van der Waals surface area contributed by atoms with E-state index in [9.17, 15) is 9.18 Å². The molecule has 1 N–H and O–H groups in total. The first-order chi connectivity index (χ1) is 8.66. The molecule has 18 heavy (non-hydrogen) atoms. The second-order valence-electron chi connectivity index (χ2n) is 4.83. The molecule has 0 heterocycles. The zero-order chi connectivity index (χ0) is 13.0. The number of rotatable bonds is 3. The van der Waals surface area contributed by atoms with Crippen molar-refractivity contribution in [1.29, 1.82) is 0 Å². The number of ketones is 1. The summed E-state index contributed by atoms with van der Waals surface area (Å²) in [4.78, 5) is 11.9. The Bertz CT molecular complexity index is 450. The first kappa shape index (κ1) is 12.8. The Balaban J connectivity index is 1.90. The normalized spacial score (nSPS) is 22.2. The fraction of sp³-hybridized carbons (Fsp3) is 0.400. The van der Waals surface area contributed by atoms with Crippen molar-refractivity contribution in [3.8, 4) is 0 Å². The fourth-order valence-corrected chi connectivity index (χ4v) is 2.21. The third kappa shape index (κ3) is 3.19. The standard InChI is InChI=1S/C15H18FNO/c1-11-3-2-4-13(15(11)18)10-17-9-12-5-7-14(16)8-6-12/h5-8,10-11,17H,2-4,9H2,1H3. The molecule has 0 amide bonds. The minimum Gasteiger partial charge on any atom is -0.386 e. The summed E-state index contributed by atoms with van der Waals surface area (Å²) in [6.45, 7) is 2.60. The number of nitrogens with one attached hydrogen (secondary N) is 1. The van der Waals surface area contributed by atoms with Gasteiger partial charge in [-0.25, -0.2) is 4.39 Å². The van der Waals surface area contributed by atoms with E-state index in [2.05, 4.69) is 5.32 Å². The van der Waals surface area contributed by atoms with Gasteiger partial charge in [-0.3, -0.25) is 4.79 Å². The molecule has 0 spiro atoms. The van der Waals surface area contributed by atoms with Gasteiger partial charge in [0.05, 0.1) is 0 Å². The van der Waals surface area contributed by atoms with Crippen LogP contribution in [0, 0.1) is 11.7 Å². The summed E-state index contributed by atoms with van der Waals surface area (Å²) in [6.07, 6.45) is 4.76. The number of carbonyl (C=O) groups is 1. The molecule has 1 unspecified atom stereocenters. The van der Waals surface area contributed by atoms with Crippen molar-refractivity contribution in [2.24, 2.45) is 5.92 Å². The number of benzene rings is 1. The molecule has 1 fully saturated rings. The van der Waals surface area contributed by atoms with Crippen molar-refractivity contribution in [3.05, 3.63) is 47.4 Å². The van der Waals surface area contributed by atoms with Crippen LogP contribution in [0.1, 0.15) is 31.7 Å². The van der Waals surface area contributed by atoms with E-state index in [0.717, 1.165) is 30.4 Å². The van der Waals surface area contributed by atoms with Gasteiger partial charge in [-0.2, -0.15) is 0 Å². The van der Waals surface area contributed by atoms with Crippen LogP contribution in [0.3, 0.4) is 0 Å². The first-order valence-corrected chi connectivity index (χ1v) is 6.38. The smallest absolute Gasteiger partial charge is 0.163 e. The maximum atomic E-state index is 12.7. The van der Waals surface area contributed by atoms with Crippen LogP contribution in [0.5, 0.6) is 0 Å². The fourth-order valence-electron chi connectivity index (χ4n) is 2.21. The molecule has 1 saturated carbocycles. The van der Waals surface area contributed by atoms with Crippen LogP contribution in [0.25, 0.3) is 0 Å². The predicted octanol–water partition coefficient (Wildman–Crippen LogP) is 3.19. The Kier molecular flexibility index (Phi) is 4.13. The van der Waals surface area contributed by atoms with Crippen molar-refractivity contribution >= 4 is 5.78 Å². The van der Waals surface area contributed by atoms with Crippen LogP contribution in [0.2, 0.25) is 0 Å². The predicted molar refractivity (Wildman–Crippen MR) is 69.3 cm³/mol. The molecule has 1 aromatic carbocycles. The van der Waals surface area contributed by atoms with Gasteiger partial charge in [0, 0.05) is 24.2 Å². The van der Waals surface area contributed by atoms with Crippen LogP contribution in [-0.2, 0) is 11.3 Å². The van der Waals surface area contributed by atoms with Gasteiger partial charge in [-0.1, -0.05) is 19.1 Å². The van der Waals surface area contributed by atoms with Crippen molar-refractivity contribution in [1.82, 2.24) is 5.32 Å². The molecule has 0 radical (unpaired) electrons. The lowest BCUT2D eigenvalue weighted by Gasteiger charge is -2.19. The molecule has 0 bridgehead atoms. The minimum absolute atomic E-state index is 0.151. The number of hydrogen-bond donors (Lipinski definition) is 1. The summed E-state index contributed by atoms with van der Waals surface area (Å²) >= 11 is 0. The maximum Gasteiger partial charge on any atom is 0.163 e. The Hall–Kier alpha value is -1.64. The molecule has 0 saturated heterocycles. The van der Waals surface area contributed by atoms with E-state index in [0.29, 0.717) is 6.54 Å². The second kappa shape index (κ2) is 5.80. The van der Waals surface area contributed by atoms with E-state index in [4.69, 9.17) is 0 Å². The van der Waals surface area contributed by atoms with E-state index in [-0.39, 0.29) is 17.5 Å². The van der Waals surface area contributed by atoms with E-state index in [1.54, 1.807) is 12.1 Å². The molecular formula is C15H18FNO. The molecular weight excluding hydrogens is 229 g/mol. The minimum atomic E-state index is -0.228. The first-order valence-electron chi connectivity index (χ1n) is 6.38. The lowest BCUT2D eigenvalue weighted by atomic mass is 9.86. The summed E-state index contributed by atoms with van der Waals surface area (Å²) < 4.78 is 12.7. The molecule has 0 aromatic heterocycles. The van der Waals surface area contributed by atoms with E-state index >= 15 is 0 Å². The third-order valence-electron chi connectivity index (χ3n) is 3.34. The quantitative estimate of drug-likeness (QED) is 0.831. The lowest BCUT2D eigenvalue weighted by Crippen LogP contribution is -2.20. The Labute approximate surface area is 107 Å². The van der Waals surface area contributed by atoms with Crippen LogP contribution >= 0.6 is 0 Å². The van der Waals surface area contributed by atoms with E-state index < -0.39 is 0 Å². The average molecular weight is 247 g/mol. The van der Waals surface area contributed by atoms with Gasteiger partial charge in [-0.05, 0) is 37.0 Å². The van der Waals surface area contributed by atoms with Crippen molar-refractivity contribution in [3.63, 3.8) is 0 Å². The lowest BCUT2D eigenvalue weighted by molar-refractivity contribution is -0.119. The van der Waals surface area contributed by atoms with Gasteiger partial charge in [0.2, 0.25) is 0 Å². The van der Waals surface area contributed by atoms with Crippen LogP contribution < -0.4 is 5.32 Å². The monoisotopic (exact) mass is 247 g/mol. The highest BCUT2D eigenvalue weighted by atomic mass is 19.1. The Morgan fingerprint density at radius 3 is 2.83 bits per heavy atom. The Morgan fingerprint density at radius 2 is 2.11 bits per heavy atom. The van der Waals surface area contributed by atoms with E-state index in [1.165, 1.54) is 12.1 Å². The number of hydrogen-bond acceptors (Lipinski definition) is 2. The average Bonchev–Trinajstić information content (AvgIpc) is 2.37. The molecule has 96 valence electrons. The molecule has 1 aliphatic carbocycles. The summed E-state index contributed by atoms with van der Waals surface area (Å²) in [6, 6.07) is 6.37. The second-order valence-corrected chi connectivity index (χ2v) is 4.83. The van der Waals surface area contributed by atoms with Gasteiger partial charge >= 0.3 is 0 Å². The summed E-state index contributed by atoms with van der Waals surface area (Å²) in [7, 11) is 0. The van der Waals surface area contributed by atoms with Gasteiger partial charge < -0.3 is 5.32 Å². The Morgan fingerprint density at radius 1 is 1.39 bits per heavy atom. The third-order valence-corrected chi connectivity index (χ3v) is 3.34. The molecule has 1 aliphatic rings. The summed E-state index contributed by atoms with van der Waals surface area (Å²) in [5.74, 6) is 0.180. The SMILES string of the molecule is CC1CCCC(=CNCc2ccc(F)cc2)C1=O. The number of carbonyl (C=O) groups excluding carboxylic acids is 1. The summed E-state index contributed by atoms with van der Waals surface area (Å²) in [5, 5.41) is 3.14. The molecule has 3 heteroatoms. The summed E-state index contributed by atoms with van der Waals surface area (Å²) in [5.41, 5.74) is 1.89. The van der Waals surface area contributed by atoms with Crippen molar-refractivity contribution in [2.75, 3.05) is 0 Å². The highest BCUT2D eigenvalue weighted by Gasteiger charge is 2.22. The van der Waals surface area contributed by atoms with Crippen molar-refractivity contribution in [2.45, 2.75) is 32.7 Å².